The van der Waals surface area contributed by atoms with Crippen LogP contribution in [0.2, 0.25) is 0 Å². The lowest BCUT2D eigenvalue weighted by molar-refractivity contribution is -0.385. The van der Waals surface area contributed by atoms with E-state index in [2.05, 4.69) is 0 Å². The maximum absolute atomic E-state index is 13.1. The normalized spacial score (nSPS) is 14.7. The van der Waals surface area contributed by atoms with Crippen LogP contribution in [0.1, 0.15) is 18.1 Å². The summed E-state index contributed by atoms with van der Waals surface area (Å²) in [5.74, 6) is -11.9. The predicted octanol–water partition coefficient (Wildman–Crippen LogP) is 3.85. The molecular weight excluding hydrogens is 327 g/mol. The molecule has 0 heterocycles. The second kappa shape index (κ2) is 5.71. The van der Waals surface area contributed by atoms with E-state index >= 15 is 0 Å². The number of aliphatic hydroxyl groups is 1. The number of nitrogens with zero attached hydrogens (tertiary/aromatic N) is 1. The van der Waals surface area contributed by atoms with Crippen molar-refractivity contribution < 1.29 is 40.8 Å². The van der Waals surface area contributed by atoms with E-state index < -0.39 is 46.7 Å². The molecule has 0 radical (unpaired) electrons. The number of nitro groups is 1. The Balaban J connectivity index is 3.03. The minimum Gasteiger partial charge on any atom is -0.388 e. The number of alkyl halides is 7. The Morgan fingerprint density at radius 3 is 2.14 bits per heavy atom. The van der Waals surface area contributed by atoms with Gasteiger partial charge in [-0.1, -0.05) is 12.1 Å². The van der Waals surface area contributed by atoms with Crippen molar-refractivity contribution in [2.24, 2.45) is 0 Å². The van der Waals surface area contributed by atoms with Gasteiger partial charge in [0.1, 0.15) is 0 Å². The number of hydrogen-bond donors (Lipinski definition) is 1. The molecule has 0 bridgehead atoms. The molecule has 0 saturated heterocycles. The molecule has 1 unspecified atom stereocenters. The van der Waals surface area contributed by atoms with Crippen molar-refractivity contribution >= 4 is 5.69 Å². The fraction of sp³-hybridized carbons (Fsp3) is 0.455. The summed E-state index contributed by atoms with van der Waals surface area (Å²) in [4.78, 5) is 9.51. The molecule has 0 saturated carbocycles. The zero-order valence-electron chi connectivity index (χ0n) is 10.5. The van der Waals surface area contributed by atoms with Crippen molar-refractivity contribution in [1.82, 2.24) is 0 Å². The van der Waals surface area contributed by atoms with Gasteiger partial charge in [0.25, 0.3) is 5.69 Å². The van der Waals surface area contributed by atoms with Crippen LogP contribution in [0.25, 0.3) is 0 Å². The quantitative estimate of drug-likeness (QED) is 0.505. The van der Waals surface area contributed by atoms with E-state index in [4.69, 9.17) is 0 Å². The highest BCUT2D eigenvalue weighted by Gasteiger charge is 2.72. The summed E-state index contributed by atoms with van der Waals surface area (Å²) in [6.45, 7) is 0. The summed E-state index contributed by atoms with van der Waals surface area (Å²) < 4.78 is 87.5. The third-order valence-electron chi connectivity index (χ3n) is 2.73. The van der Waals surface area contributed by atoms with Crippen molar-refractivity contribution in [2.75, 3.05) is 0 Å². The van der Waals surface area contributed by atoms with Crippen molar-refractivity contribution in [3.05, 3.63) is 39.9 Å². The van der Waals surface area contributed by atoms with E-state index in [1.54, 1.807) is 0 Å². The smallest absolute Gasteiger partial charge is 0.388 e. The molecule has 22 heavy (non-hydrogen) atoms. The average molecular weight is 335 g/mol. The number of aliphatic hydroxyl groups excluding tert-OH is 1. The van der Waals surface area contributed by atoms with Crippen LogP contribution in [0.5, 0.6) is 0 Å². The van der Waals surface area contributed by atoms with Crippen LogP contribution in [0.3, 0.4) is 0 Å². The molecule has 1 atom stereocenters. The Labute approximate surface area is 118 Å². The first-order valence-electron chi connectivity index (χ1n) is 5.54. The Morgan fingerprint density at radius 2 is 1.68 bits per heavy atom. The molecule has 0 amide bonds. The molecule has 0 aliphatic carbocycles. The van der Waals surface area contributed by atoms with Crippen molar-refractivity contribution in [2.45, 2.75) is 30.5 Å². The van der Waals surface area contributed by atoms with Gasteiger partial charge in [0.05, 0.1) is 11.0 Å². The van der Waals surface area contributed by atoms with E-state index in [1.165, 1.54) is 0 Å². The second-order valence-electron chi connectivity index (χ2n) is 4.35. The number of hydrogen-bond acceptors (Lipinski definition) is 3. The molecule has 1 rings (SSSR count). The van der Waals surface area contributed by atoms with Crippen LogP contribution in [0, 0.1) is 10.1 Å². The third-order valence-corrected chi connectivity index (χ3v) is 2.73. The van der Waals surface area contributed by atoms with Gasteiger partial charge in [0.15, 0.2) is 0 Å². The van der Waals surface area contributed by atoms with Crippen LogP contribution in [0.15, 0.2) is 24.3 Å². The molecule has 124 valence electrons. The molecule has 0 aromatic heterocycles. The summed E-state index contributed by atoms with van der Waals surface area (Å²) >= 11 is 0. The molecule has 0 aliphatic rings. The Bertz CT molecular complexity index is 559. The predicted molar refractivity (Wildman–Crippen MR) is 58.6 cm³/mol. The lowest BCUT2D eigenvalue weighted by Crippen LogP contribution is -2.52. The second-order valence-corrected chi connectivity index (χ2v) is 4.35. The topological polar surface area (TPSA) is 63.4 Å². The van der Waals surface area contributed by atoms with Gasteiger partial charge >= 0.3 is 18.0 Å². The number of rotatable bonds is 5. The van der Waals surface area contributed by atoms with Gasteiger partial charge in [-0.05, 0) is 5.56 Å². The van der Waals surface area contributed by atoms with Crippen molar-refractivity contribution in [3.63, 3.8) is 0 Å². The number of benzene rings is 1. The summed E-state index contributed by atoms with van der Waals surface area (Å²) in [6, 6.07) is 3.39. The highest BCUT2D eigenvalue weighted by molar-refractivity contribution is 5.35. The number of non-ortho nitro benzene ring substituents is 1. The molecule has 1 N–H and O–H groups in total. The molecule has 0 spiro atoms. The van der Waals surface area contributed by atoms with Gasteiger partial charge < -0.3 is 5.11 Å². The first-order valence-corrected chi connectivity index (χ1v) is 5.54. The third kappa shape index (κ3) is 3.46. The average Bonchev–Trinajstić information content (AvgIpc) is 2.36. The fourth-order valence-corrected chi connectivity index (χ4v) is 1.54. The van der Waals surface area contributed by atoms with Crippen LogP contribution in [0.4, 0.5) is 36.4 Å². The minimum absolute atomic E-state index is 0.577. The first-order chi connectivity index (χ1) is 9.79. The lowest BCUT2D eigenvalue weighted by Gasteiger charge is -2.29. The van der Waals surface area contributed by atoms with E-state index in [0.29, 0.717) is 6.07 Å². The summed E-state index contributed by atoms with van der Waals surface area (Å²) in [5.41, 5.74) is -1.21. The SMILES string of the molecule is O=[N+]([O-])c1cccc(C(O)CC(F)(F)C(F)(F)C(F)(F)F)c1. The molecule has 4 nitrogen and oxygen atoms in total. The molecule has 0 aliphatic heterocycles. The van der Waals surface area contributed by atoms with E-state index in [-0.39, 0.29) is 0 Å². The largest absolute Gasteiger partial charge is 0.459 e. The van der Waals surface area contributed by atoms with E-state index in [0.717, 1.165) is 18.2 Å². The van der Waals surface area contributed by atoms with Gasteiger partial charge in [-0.2, -0.15) is 30.7 Å². The van der Waals surface area contributed by atoms with Gasteiger partial charge in [-0.3, -0.25) is 10.1 Å². The van der Waals surface area contributed by atoms with Crippen LogP contribution in [-0.4, -0.2) is 28.1 Å². The van der Waals surface area contributed by atoms with Crippen molar-refractivity contribution in [1.29, 1.82) is 0 Å². The summed E-state index contributed by atoms with van der Waals surface area (Å²) in [5, 5.41) is 19.8. The molecular formula is C11H8F7NO3. The Kier molecular flexibility index (Phi) is 4.70. The van der Waals surface area contributed by atoms with Gasteiger partial charge in [-0.25, -0.2) is 0 Å². The number of nitro benzene ring substituents is 1. The van der Waals surface area contributed by atoms with Gasteiger partial charge in [0.2, 0.25) is 0 Å². The lowest BCUT2D eigenvalue weighted by atomic mass is 9.98. The molecule has 0 fully saturated rings. The van der Waals surface area contributed by atoms with Crippen LogP contribution in [-0.2, 0) is 0 Å². The summed E-state index contributed by atoms with van der Waals surface area (Å²) in [7, 11) is 0. The standard InChI is InChI=1S/C11H8F7NO3/c12-9(13,10(14,15)11(16,17)18)5-8(20)6-2-1-3-7(4-6)19(21)22/h1-4,8,20H,5H2. The molecule has 1 aromatic carbocycles. The minimum atomic E-state index is -6.50. The Morgan fingerprint density at radius 1 is 1.14 bits per heavy atom. The maximum atomic E-state index is 13.1. The zero-order chi connectivity index (χ0) is 17.3. The molecule has 1 aromatic rings. The molecule has 11 heteroatoms. The summed E-state index contributed by atoms with van der Waals surface area (Å²) in [6.07, 6.45) is -11.2. The highest BCUT2D eigenvalue weighted by Crippen LogP contribution is 2.49. The van der Waals surface area contributed by atoms with E-state index in [9.17, 15) is 46.0 Å². The Hall–Kier alpha value is -1.91. The van der Waals surface area contributed by atoms with Crippen LogP contribution >= 0.6 is 0 Å². The van der Waals surface area contributed by atoms with Crippen LogP contribution < -0.4 is 0 Å². The van der Waals surface area contributed by atoms with Crippen molar-refractivity contribution in [3.8, 4) is 0 Å². The first kappa shape index (κ1) is 18.1. The highest BCUT2D eigenvalue weighted by atomic mass is 19.4. The zero-order valence-corrected chi connectivity index (χ0v) is 10.5. The number of halogens is 7. The maximum Gasteiger partial charge on any atom is 0.459 e. The fourth-order valence-electron chi connectivity index (χ4n) is 1.54. The monoisotopic (exact) mass is 335 g/mol. The van der Waals surface area contributed by atoms with E-state index in [1.807, 2.05) is 0 Å². The van der Waals surface area contributed by atoms with Gasteiger partial charge in [-0.15, -0.1) is 0 Å². The van der Waals surface area contributed by atoms with Gasteiger partial charge in [0, 0.05) is 18.6 Å².